The van der Waals surface area contributed by atoms with Gasteiger partial charge in [-0.3, -0.25) is 19.4 Å². The van der Waals surface area contributed by atoms with Crippen molar-refractivity contribution < 1.29 is 19.2 Å². The van der Waals surface area contributed by atoms with Crippen molar-refractivity contribution in [3.05, 3.63) is 48.5 Å². The second kappa shape index (κ2) is 12.0. The lowest BCUT2D eigenvalue weighted by molar-refractivity contribution is -0.125. The molecule has 1 aromatic heterocycles. The number of rotatable bonds is 9. The third kappa shape index (κ3) is 6.67. The maximum Gasteiger partial charge on any atom is 0.319 e. The topological polar surface area (TPSA) is 159 Å². The van der Waals surface area contributed by atoms with Gasteiger partial charge in [-0.1, -0.05) is 6.07 Å². The van der Waals surface area contributed by atoms with Gasteiger partial charge < -0.3 is 26.6 Å². The molecular weight excluding hydrogens is 458 g/mol. The Morgan fingerprint density at radius 3 is 2.76 bits per heavy atom. The number of thioether (sulfide) groups is 1. The summed E-state index contributed by atoms with van der Waals surface area (Å²) in [4.78, 5) is 60.0. The predicted octanol–water partition coefficient (Wildman–Crippen LogP) is 0.985. The molecule has 3 rings (SSSR count). The second-order valence-electron chi connectivity index (χ2n) is 7.62. The van der Waals surface area contributed by atoms with Crippen molar-refractivity contribution in [2.45, 2.75) is 36.2 Å². The van der Waals surface area contributed by atoms with E-state index in [4.69, 9.17) is 5.73 Å². The summed E-state index contributed by atoms with van der Waals surface area (Å²) in [5, 5.41) is 8.32. The van der Waals surface area contributed by atoms with E-state index in [1.54, 1.807) is 17.8 Å². The maximum atomic E-state index is 13.0. The van der Waals surface area contributed by atoms with Crippen LogP contribution in [0.4, 0.5) is 10.5 Å². The lowest BCUT2D eigenvalue weighted by Gasteiger charge is -2.27. The van der Waals surface area contributed by atoms with Crippen LogP contribution in [0.5, 0.6) is 0 Å². The Labute approximate surface area is 201 Å². The molecule has 5 amide bonds. The fourth-order valence-corrected chi connectivity index (χ4v) is 4.13. The van der Waals surface area contributed by atoms with Crippen LogP contribution < -0.4 is 21.7 Å². The van der Waals surface area contributed by atoms with Crippen LogP contribution in [0.25, 0.3) is 0 Å². The number of nitrogens with zero attached hydrogens (tertiary/aromatic N) is 3. The Morgan fingerprint density at radius 1 is 1.24 bits per heavy atom. The van der Waals surface area contributed by atoms with Crippen LogP contribution in [0.1, 0.15) is 29.8 Å². The standard InChI is InChI=1S/C22H27N7O4S/c1-34-15-5-2-4-14(12-15)27-22(33)28-16-7-11-29(21(32)17-13-24-9-10-25-17)19(16)20(31)26-8-3-6-18(23)30/h2,4-5,9-10,12-13,16,19H,3,6-8,11H2,1H3,(H2,23,30)(H,26,31)(H2,27,28,33). The number of likely N-dealkylation sites (tertiary alicyclic amines) is 1. The molecule has 34 heavy (non-hydrogen) atoms. The minimum atomic E-state index is -0.952. The minimum Gasteiger partial charge on any atom is -0.370 e. The van der Waals surface area contributed by atoms with E-state index in [2.05, 4.69) is 25.9 Å². The van der Waals surface area contributed by atoms with E-state index in [-0.39, 0.29) is 25.2 Å². The first-order valence-corrected chi connectivity index (χ1v) is 12.0. The van der Waals surface area contributed by atoms with E-state index in [0.29, 0.717) is 18.5 Å². The summed E-state index contributed by atoms with van der Waals surface area (Å²) in [5.41, 5.74) is 5.86. The van der Waals surface area contributed by atoms with Gasteiger partial charge in [0.25, 0.3) is 5.91 Å². The number of nitrogens with two attached hydrogens (primary N) is 1. The largest absolute Gasteiger partial charge is 0.370 e. The summed E-state index contributed by atoms with van der Waals surface area (Å²) in [6, 6.07) is 5.31. The van der Waals surface area contributed by atoms with Crippen molar-refractivity contribution in [3.8, 4) is 0 Å². The molecular formula is C22H27N7O4S. The Bertz CT molecular complexity index is 1040. The first-order chi connectivity index (χ1) is 16.4. The molecule has 2 aromatic rings. The van der Waals surface area contributed by atoms with Gasteiger partial charge in [-0.2, -0.15) is 0 Å². The zero-order valence-electron chi connectivity index (χ0n) is 18.7. The maximum absolute atomic E-state index is 13.0. The van der Waals surface area contributed by atoms with Gasteiger partial charge in [-0.25, -0.2) is 9.78 Å². The number of nitrogens with one attached hydrogen (secondary N) is 3. The molecule has 11 nitrogen and oxygen atoms in total. The molecule has 5 N–H and O–H groups in total. The molecule has 180 valence electrons. The molecule has 0 radical (unpaired) electrons. The SMILES string of the molecule is CSc1cccc(NC(=O)NC2CCN(C(=O)c3cnccn3)C2C(=O)NCCCC(N)=O)c1. The number of hydrogen-bond acceptors (Lipinski definition) is 7. The van der Waals surface area contributed by atoms with Gasteiger partial charge in [0.05, 0.1) is 12.2 Å². The first kappa shape index (κ1) is 25.0. The molecule has 1 aliphatic heterocycles. The van der Waals surface area contributed by atoms with Crippen molar-refractivity contribution in [3.63, 3.8) is 0 Å². The number of aromatic nitrogens is 2. The summed E-state index contributed by atoms with van der Waals surface area (Å²) in [6.07, 6.45) is 6.99. The molecule has 2 atom stereocenters. The molecule has 1 aromatic carbocycles. The van der Waals surface area contributed by atoms with Gasteiger partial charge in [-0.05, 0) is 37.3 Å². The minimum absolute atomic E-state index is 0.105. The average Bonchev–Trinajstić information content (AvgIpc) is 3.25. The molecule has 1 aliphatic rings. The van der Waals surface area contributed by atoms with E-state index in [0.717, 1.165) is 4.90 Å². The highest BCUT2D eigenvalue weighted by molar-refractivity contribution is 7.98. The highest BCUT2D eigenvalue weighted by Gasteiger charge is 2.43. The van der Waals surface area contributed by atoms with Crippen LogP contribution in [-0.4, -0.2) is 70.0 Å². The summed E-state index contributed by atoms with van der Waals surface area (Å²) in [5.74, 6) is -1.35. The molecule has 1 fully saturated rings. The third-order valence-electron chi connectivity index (χ3n) is 5.25. The molecule has 0 bridgehead atoms. The van der Waals surface area contributed by atoms with Crippen molar-refractivity contribution >= 4 is 41.2 Å². The lowest BCUT2D eigenvalue weighted by atomic mass is 10.1. The van der Waals surface area contributed by atoms with Crippen LogP contribution in [0.2, 0.25) is 0 Å². The Hall–Kier alpha value is -3.67. The number of primary amides is 1. The Kier molecular flexibility index (Phi) is 8.79. The summed E-state index contributed by atoms with van der Waals surface area (Å²) in [6.45, 7) is 0.466. The molecule has 0 aliphatic carbocycles. The van der Waals surface area contributed by atoms with Crippen LogP contribution in [0.15, 0.2) is 47.8 Å². The number of urea groups is 1. The average molecular weight is 486 g/mol. The van der Waals surface area contributed by atoms with E-state index in [9.17, 15) is 19.2 Å². The van der Waals surface area contributed by atoms with Gasteiger partial charge in [0.2, 0.25) is 11.8 Å². The third-order valence-corrected chi connectivity index (χ3v) is 5.98. The number of hydrogen-bond donors (Lipinski definition) is 4. The molecule has 0 saturated carbocycles. The smallest absolute Gasteiger partial charge is 0.319 e. The van der Waals surface area contributed by atoms with Crippen LogP contribution in [-0.2, 0) is 9.59 Å². The fraction of sp³-hybridized carbons (Fsp3) is 0.364. The molecule has 0 spiro atoms. The Balaban J connectivity index is 1.71. The zero-order chi connectivity index (χ0) is 24.5. The normalized spacial score (nSPS) is 17.1. The lowest BCUT2D eigenvalue weighted by Crippen LogP contribution is -2.55. The van der Waals surface area contributed by atoms with Gasteiger partial charge in [0, 0.05) is 42.5 Å². The van der Waals surface area contributed by atoms with Gasteiger partial charge in [0.1, 0.15) is 11.7 Å². The summed E-state index contributed by atoms with van der Waals surface area (Å²) in [7, 11) is 0. The number of anilines is 1. The number of benzene rings is 1. The summed E-state index contributed by atoms with van der Waals surface area (Å²) >= 11 is 1.55. The molecule has 2 unspecified atom stereocenters. The molecule has 2 heterocycles. The second-order valence-corrected chi connectivity index (χ2v) is 8.50. The molecule has 1 saturated heterocycles. The predicted molar refractivity (Wildman–Crippen MR) is 127 cm³/mol. The van der Waals surface area contributed by atoms with Gasteiger partial charge in [-0.15, -0.1) is 11.8 Å². The summed E-state index contributed by atoms with van der Waals surface area (Å²) < 4.78 is 0. The fourth-order valence-electron chi connectivity index (χ4n) is 3.67. The Morgan fingerprint density at radius 2 is 2.06 bits per heavy atom. The number of carbonyl (C=O) groups is 4. The van der Waals surface area contributed by atoms with Gasteiger partial charge in [0.15, 0.2) is 0 Å². The zero-order valence-corrected chi connectivity index (χ0v) is 19.5. The van der Waals surface area contributed by atoms with Crippen molar-refractivity contribution in [2.75, 3.05) is 24.7 Å². The highest BCUT2D eigenvalue weighted by atomic mass is 32.2. The van der Waals surface area contributed by atoms with E-state index in [1.165, 1.54) is 23.5 Å². The number of carbonyl (C=O) groups excluding carboxylic acids is 4. The van der Waals surface area contributed by atoms with Crippen LogP contribution in [0, 0.1) is 0 Å². The monoisotopic (exact) mass is 485 g/mol. The van der Waals surface area contributed by atoms with Crippen molar-refractivity contribution in [1.82, 2.24) is 25.5 Å². The van der Waals surface area contributed by atoms with Crippen molar-refractivity contribution in [2.24, 2.45) is 5.73 Å². The van der Waals surface area contributed by atoms with Crippen molar-refractivity contribution in [1.29, 1.82) is 0 Å². The van der Waals surface area contributed by atoms with Crippen LogP contribution >= 0.6 is 11.8 Å². The number of amides is 5. The van der Waals surface area contributed by atoms with E-state index in [1.807, 2.05) is 24.5 Å². The first-order valence-electron chi connectivity index (χ1n) is 10.7. The van der Waals surface area contributed by atoms with E-state index >= 15 is 0 Å². The molecule has 12 heteroatoms. The quantitative estimate of drug-likeness (QED) is 0.304. The highest BCUT2D eigenvalue weighted by Crippen LogP contribution is 2.22. The van der Waals surface area contributed by atoms with E-state index < -0.39 is 35.8 Å². The van der Waals surface area contributed by atoms with Gasteiger partial charge >= 0.3 is 6.03 Å². The van der Waals surface area contributed by atoms with Crippen LogP contribution in [0.3, 0.4) is 0 Å².